The van der Waals surface area contributed by atoms with E-state index in [4.69, 9.17) is 0 Å². The summed E-state index contributed by atoms with van der Waals surface area (Å²) in [7, 11) is 0. The molecule has 0 aliphatic rings. The molecule has 0 heterocycles. The van der Waals surface area contributed by atoms with Crippen LogP contribution in [-0.4, -0.2) is 6.03 Å². The summed E-state index contributed by atoms with van der Waals surface area (Å²) in [6.07, 6.45) is 0. The predicted molar refractivity (Wildman–Crippen MR) is 69.1 cm³/mol. The standard InChI is InChI=1S/C14H13N2O.Y/c1-11-6-5-9-13(10-11)16-14(17)15-12-7-3-2-4-8-12;/h3-10H,1H3,(H2,15,16,17);/q-1;. The average molecular weight is 314 g/mol. The Morgan fingerprint density at radius 2 is 1.72 bits per heavy atom. The fourth-order valence-electron chi connectivity index (χ4n) is 1.49. The minimum absolute atomic E-state index is 0. The largest absolute Gasteiger partial charge is 0.331 e. The number of amides is 2. The maximum atomic E-state index is 11.7. The average Bonchev–Trinajstić information content (AvgIpc) is 2.30. The maximum Gasteiger partial charge on any atom is 0.321 e. The second kappa shape index (κ2) is 7.29. The van der Waals surface area contributed by atoms with Gasteiger partial charge in [0, 0.05) is 38.4 Å². The Kier molecular flexibility index (Phi) is 6.03. The van der Waals surface area contributed by atoms with Gasteiger partial charge in [0.15, 0.2) is 0 Å². The summed E-state index contributed by atoms with van der Waals surface area (Å²) in [6.45, 7) is 1.98. The smallest absolute Gasteiger partial charge is 0.321 e. The van der Waals surface area contributed by atoms with Crippen molar-refractivity contribution in [3.8, 4) is 0 Å². The zero-order valence-electron chi connectivity index (χ0n) is 10.1. The Hall–Kier alpha value is -1.19. The predicted octanol–water partition coefficient (Wildman–Crippen LogP) is 3.44. The minimum atomic E-state index is -0.248. The van der Waals surface area contributed by atoms with Crippen LogP contribution in [0.5, 0.6) is 0 Å². The number of benzene rings is 2. The van der Waals surface area contributed by atoms with Gasteiger partial charge in [-0.3, -0.25) is 0 Å². The topological polar surface area (TPSA) is 41.1 Å². The molecule has 0 bridgehead atoms. The van der Waals surface area contributed by atoms with Crippen molar-refractivity contribution in [2.45, 2.75) is 6.92 Å². The van der Waals surface area contributed by atoms with E-state index in [2.05, 4.69) is 16.7 Å². The number of hydrogen-bond acceptors (Lipinski definition) is 1. The van der Waals surface area contributed by atoms with Crippen molar-refractivity contribution in [1.82, 2.24) is 0 Å². The van der Waals surface area contributed by atoms with Crippen molar-refractivity contribution in [1.29, 1.82) is 0 Å². The van der Waals surface area contributed by atoms with Crippen molar-refractivity contribution in [2.75, 3.05) is 10.6 Å². The summed E-state index contributed by atoms with van der Waals surface area (Å²) in [5.41, 5.74) is 2.64. The monoisotopic (exact) mass is 314 g/mol. The molecule has 89 valence electrons. The van der Waals surface area contributed by atoms with Crippen LogP contribution >= 0.6 is 0 Å². The molecule has 2 aromatic rings. The molecule has 2 rings (SSSR count). The van der Waals surface area contributed by atoms with E-state index in [1.165, 1.54) is 0 Å². The summed E-state index contributed by atoms with van der Waals surface area (Å²) >= 11 is 0. The van der Waals surface area contributed by atoms with E-state index >= 15 is 0 Å². The van der Waals surface area contributed by atoms with Crippen LogP contribution in [0.1, 0.15) is 5.56 Å². The van der Waals surface area contributed by atoms with Crippen molar-refractivity contribution in [3.05, 3.63) is 60.2 Å². The van der Waals surface area contributed by atoms with Crippen LogP contribution in [0.15, 0.2) is 48.5 Å². The zero-order valence-corrected chi connectivity index (χ0v) is 12.9. The normalized spacial score (nSPS) is 9.17. The van der Waals surface area contributed by atoms with E-state index in [9.17, 15) is 4.79 Å². The van der Waals surface area contributed by atoms with Gasteiger partial charge in [0.05, 0.1) is 0 Å². The second-order valence-electron chi connectivity index (χ2n) is 3.74. The SMILES string of the molecule is Cc1cccc(NC(=O)Nc2cc[c-]cc2)c1.[Y]. The van der Waals surface area contributed by atoms with E-state index in [-0.39, 0.29) is 38.7 Å². The van der Waals surface area contributed by atoms with Gasteiger partial charge in [-0.2, -0.15) is 18.2 Å². The molecule has 3 nitrogen and oxygen atoms in total. The molecule has 0 saturated carbocycles. The second-order valence-corrected chi connectivity index (χ2v) is 3.74. The Morgan fingerprint density at radius 3 is 2.39 bits per heavy atom. The molecule has 0 aromatic heterocycles. The fourth-order valence-corrected chi connectivity index (χ4v) is 1.49. The van der Waals surface area contributed by atoms with Crippen molar-refractivity contribution < 1.29 is 37.5 Å². The molecule has 0 aliphatic carbocycles. The first kappa shape index (κ1) is 14.9. The maximum absolute atomic E-state index is 11.7. The number of rotatable bonds is 2. The van der Waals surface area contributed by atoms with Gasteiger partial charge in [0.1, 0.15) is 0 Å². The zero-order chi connectivity index (χ0) is 12.1. The first-order chi connectivity index (χ1) is 8.24. The molecule has 2 aromatic carbocycles. The summed E-state index contributed by atoms with van der Waals surface area (Å²) in [6, 6.07) is 17.4. The first-order valence-electron chi connectivity index (χ1n) is 5.35. The number of nitrogens with one attached hydrogen (secondary N) is 2. The number of carbonyl (C=O) groups excluding carboxylic acids is 1. The molecule has 0 fully saturated rings. The number of aryl methyl sites for hydroxylation is 1. The van der Waals surface area contributed by atoms with Crippen LogP contribution in [0.25, 0.3) is 0 Å². The molecular formula is C14H13N2OY-. The summed E-state index contributed by atoms with van der Waals surface area (Å²) in [4.78, 5) is 11.7. The van der Waals surface area contributed by atoms with Gasteiger partial charge in [0.2, 0.25) is 0 Å². The quantitative estimate of drug-likeness (QED) is 0.819. The summed E-state index contributed by atoms with van der Waals surface area (Å²) < 4.78 is 0. The minimum Gasteiger partial charge on any atom is -0.331 e. The third-order valence-electron chi connectivity index (χ3n) is 2.25. The first-order valence-corrected chi connectivity index (χ1v) is 5.35. The Balaban J connectivity index is 0.00000162. The molecule has 4 heteroatoms. The van der Waals surface area contributed by atoms with Crippen molar-refractivity contribution >= 4 is 17.4 Å². The summed E-state index contributed by atoms with van der Waals surface area (Å²) in [5.74, 6) is 0. The van der Waals surface area contributed by atoms with Crippen LogP contribution in [0, 0.1) is 13.0 Å². The molecule has 0 unspecified atom stereocenters. The van der Waals surface area contributed by atoms with Crippen LogP contribution in [0.2, 0.25) is 0 Å². The van der Waals surface area contributed by atoms with Crippen LogP contribution in [-0.2, 0) is 32.7 Å². The number of urea groups is 1. The summed E-state index contributed by atoms with van der Waals surface area (Å²) in [5, 5.41) is 5.51. The van der Waals surface area contributed by atoms with Gasteiger partial charge in [-0.05, 0) is 24.6 Å². The van der Waals surface area contributed by atoms with Gasteiger partial charge >= 0.3 is 6.03 Å². The van der Waals surface area contributed by atoms with E-state index in [0.717, 1.165) is 16.9 Å². The van der Waals surface area contributed by atoms with Gasteiger partial charge in [-0.1, -0.05) is 17.8 Å². The Bertz CT molecular complexity index is 514. The van der Waals surface area contributed by atoms with Crippen LogP contribution in [0.4, 0.5) is 16.2 Å². The number of anilines is 2. The number of carbonyl (C=O) groups is 1. The Labute approximate surface area is 132 Å². The molecule has 2 N–H and O–H groups in total. The molecule has 0 aliphatic heterocycles. The van der Waals surface area contributed by atoms with Crippen molar-refractivity contribution in [2.24, 2.45) is 0 Å². The van der Waals surface area contributed by atoms with Gasteiger partial charge in [0.25, 0.3) is 0 Å². The number of hydrogen-bond donors (Lipinski definition) is 2. The molecule has 18 heavy (non-hydrogen) atoms. The van der Waals surface area contributed by atoms with E-state index in [1.54, 1.807) is 24.3 Å². The van der Waals surface area contributed by atoms with Gasteiger partial charge < -0.3 is 10.6 Å². The van der Waals surface area contributed by atoms with Crippen molar-refractivity contribution in [3.63, 3.8) is 0 Å². The van der Waals surface area contributed by atoms with Crippen LogP contribution in [0.3, 0.4) is 0 Å². The molecule has 0 saturated heterocycles. The fraction of sp³-hybridized carbons (Fsp3) is 0.0714. The Morgan fingerprint density at radius 1 is 1.06 bits per heavy atom. The molecule has 1 radical (unpaired) electrons. The molecule has 0 atom stereocenters. The van der Waals surface area contributed by atoms with E-state index in [1.807, 2.05) is 31.2 Å². The van der Waals surface area contributed by atoms with Gasteiger partial charge in [-0.25, -0.2) is 4.79 Å². The molecule has 2 amide bonds. The van der Waals surface area contributed by atoms with Crippen LogP contribution < -0.4 is 10.6 Å². The molecule has 0 spiro atoms. The van der Waals surface area contributed by atoms with E-state index in [0.29, 0.717) is 0 Å². The van der Waals surface area contributed by atoms with Gasteiger partial charge in [-0.15, -0.1) is 12.1 Å². The third kappa shape index (κ3) is 4.59. The molecular weight excluding hydrogens is 301 g/mol. The third-order valence-corrected chi connectivity index (χ3v) is 2.25. The van der Waals surface area contributed by atoms with E-state index < -0.39 is 0 Å².